The van der Waals surface area contributed by atoms with Crippen molar-refractivity contribution in [1.29, 1.82) is 0 Å². The van der Waals surface area contributed by atoms with E-state index in [-0.39, 0.29) is 19.1 Å². The average Bonchev–Trinajstić information content (AvgIpc) is 3.31. The normalized spacial score (nSPS) is 14.1. The molecule has 0 bridgehead atoms. The Labute approximate surface area is 429 Å². The Hall–Kier alpha value is -1.28. The van der Waals surface area contributed by atoms with E-state index in [2.05, 4.69) is 43.5 Å². The van der Waals surface area contributed by atoms with E-state index in [9.17, 15) is 19.4 Å². The number of hydrogen-bond acceptors (Lipinski definition) is 5. The van der Waals surface area contributed by atoms with Crippen molar-refractivity contribution in [3.05, 3.63) is 36.5 Å². The summed E-state index contributed by atoms with van der Waals surface area (Å²) in [6.45, 7) is 4.85. The fourth-order valence-electron chi connectivity index (χ4n) is 8.90. The summed E-state index contributed by atoms with van der Waals surface area (Å²) < 4.78 is 23.7. The number of unbranched alkanes of at least 4 members (excludes halogenated alkanes) is 38. The number of likely N-dealkylation sites (N-methyl/N-ethyl adjacent to an activating group) is 1. The lowest BCUT2D eigenvalue weighted by Crippen LogP contribution is -2.45. The van der Waals surface area contributed by atoms with Gasteiger partial charge in [-0.3, -0.25) is 13.8 Å². The SMILES string of the molecule is CCCCCCCCCCC/C=C\C/C=C\CCCCCCCCCCCCCCCC(=O)NC(COP(=O)(O)OCC[N+](C)(C)C)C(O)/C=C/CCCCCCCCCCCCCCCCCC. The summed E-state index contributed by atoms with van der Waals surface area (Å²) in [4.78, 5) is 23.3. The van der Waals surface area contributed by atoms with Crippen molar-refractivity contribution in [2.75, 3.05) is 40.9 Å². The van der Waals surface area contributed by atoms with Crippen LogP contribution in [-0.4, -0.2) is 73.4 Å². The Kier molecular flexibility index (Phi) is 50.7. The third-order valence-electron chi connectivity index (χ3n) is 13.6. The number of aliphatic hydroxyl groups is 1. The van der Waals surface area contributed by atoms with Gasteiger partial charge in [0, 0.05) is 6.42 Å². The van der Waals surface area contributed by atoms with Crippen LogP contribution in [0.4, 0.5) is 0 Å². The van der Waals surface area contributed by atoms with Crippen LogP contribution in [0.3, 0.4) is 0 Å². The van der Waals surface area contributed by atoms with Gasteiger partial charge in [-0.1, -0.05) is 269 Å². The van der Waals surface area contributed by atoms with Crippen molar-refractivity contribution >= 4 is 13.7 Å². The van der Waals surface area contributed by atoms with Crippen LogP contribution in [0.1, 0.15) is 290 Å². The second-order valence-corrected chi connectivity index (χ2v) is 23.2. The Morgan fingerprint density at radius 3 is 1.19 bits per heavy atom. The Morgan fingerprint density at radius 1 is 0.493 bits per heavy atom. The van der Waals surface area contributed by atoms with Crippen molar-refractivity contribution < 1.29 is 32.9 Å². The summed E-state index contributed by atoms with van der Waals surface area (Å²) in [5.74, 6) is -0.175. The molecule has 8 nitrogen and oxygen atoms in total. The third-order valence-corrected chi connectivity index (χ3v) is 14.6. The molecule has 0 heterocycles. The summed E-state index contributed by atoms with van der Waals surface area (Å²) in [7, 11) is 1.58. The first kappa shape index (κ1) is 67.7. The van der Waals surface area contributed by atoms with Gasteiger partial charge in [-0.05, 0) is 51.4 Å². The first-order valence-electron chi connectivity index (χ1n) is 29.9. The average molecular weight is 995 g/mol. The van der Waals surface area contributed by atoms with Gasteiger partial charge < -0.3 is 19.8 Å². The number of carbonyl (C=O) groups excluding carboxylic acids is 1. The molecular weight excluding hydrogens is 876 g/mol. The quantitative estimate of drug-likeness (QED) is 0.0243. The van der Waals surface area contributed by atoms with Gasteiger partial charge in [0.1, 0.15) is 13.2 Å². The number of quaternary nitrogens is 1. The highest BCUT2D eigenvalue weighted by molar-refractivity contribution is 7.47. The molecule has 0 saturated carbocycles. The van der Waals surface area contributed by atoms with Gasteiger partial charge in [0.2, 0.25) is 5.91 Å². The summed E-state index contributed by atoms with van der Waals surface area (Å²) in [6, 6.07) is -0.847. The van der Waals surface area contributed by atoms with Gasteiger partial charge in [-0.15, -0.1) is 0 Å². The van der Waals surface area contributed by atoms with Gasteiger partial charge >= 0.3 is 7.82 Å². The molecule has 0 fully saturated rings. The Morgan fingerprint density at radius 2 is 0.826 bits per heavy atom. The fourth-order valence-corrected chi connectivity index (χ4v) is 9.63. The molecule has 9 heteroatoms. The van der Waals surface area contributed by atoms with Crippen LogP contribution in [0.15, 0.2) is 36.5 Å². The predicted molar refractivity (Wildman–Crippen MR) is 300 cm³/mol. The van der Waals surface area contributed by atoms with E-state index in [1.54, 1.807) is 6.08 Å². The molecule has 408 valence electrons. The molecule has 0 spiro atoms. The number of phosphoric acid groups is 1. The van der Waals surface area contributed by atoms with Crippen molar-refractivity contribution in [3.63, 3.8) is 0 Å². The molecule has 69 heavy (non-hydrogen) atoms. The largest absolute Gasteiger partial charge is 0.472 e. The number of rotatable bonds is 55. The smallest absolute Gasteiger partial charge is 0.387 e. The maximum Gasteiger partial charge on any atom is 0.472 e. The van der Waals surface area contributed by atoms with Crippen LogP contribution in [0, 0.1) is 0 Å². The van der Waals surface area contributed by atoms with Crippen LogP contribution < -0.4 is 5.32 Å². The van der Waals surface area contributed by atoms with E-state index >= 15 is 0 Å². The molecule has 0 saturated heterocycles. The van der Waals surface area contributed by atoms with Crippen LogP contribution in [0.25, 0.3) is 0 Å². The van der Waals surface area contributed by atoms with Crippen LogP contribution in [0.2, 0.25) is 0 Å². The first-order chi connectivity index (χ1) is 33.5. The molecule has 0 rings (SSSR count). The summed E-state index contributed by atoms with van der Waals surface area (Å²) in [5, 5.41) is 13.9. The van der Waals surface area contributed by atoms with Gasteiger partial charge in [-0.25, -0.2) is 4.57 Å². The van der Waals surface area contributed by atoms with E-state index in [1.165, 1.54) is 225 Å². The number of carbonyl (C=O) groups is 1. The fraction of sp³-hybridized carbons (Fsp3) is 0.883. The highest BCUT2D eigenvalue weighted by Crippen LogP contribution is 2.43. The minimum atomic E-state index is -4.35. The van der Waals surface area contributed by atoms with Gasteiger partial charge in [0.05, 0.1) is 39.9 Å². The van der Waals surface area contributed by atoms with E-state index in [4.69, 9.17) is 9.05 Å². The van der Waals surface area contributed by atoms with Crippen molar-refractivity contribution in [3.8, 4) is 0 Å². The second-order valence-electron chi connectivity index (χ2n) is 21.7. The van der Waals surface area contributed by atoms with Crippen LogP contribution in [0.5, 0.6) is 0 Å². The minimum Gasteiger partial charge on any atom is -0.387 e. The van der Waals surface area contributed by atoms with Crippen LogP contribution in [-0.2, 0) is 18.4 Å². The predicted octanol–water partition coefficient (Wildman–Crippen LogP) is 18.2. The van der Waals surface area contributed by atoms with Gasteiger partial charge in [0.25, 0.3) is 0 Å². The molecule has 1 amide bonds. The maximum atomic E-state index is 13.0. The molecule has 0 aliphatic heterocycles. The van der Waals surface area contributed by atoms with E-state index in [1.807, 2.05) is 27.2 Å². The second kappa shape index (κ2) is 51.6. The highest BCUT2D eigenvalue weighted by atomic mass is 31.2. The lowest BCUT2D eigenvalue weighted by atomic mass is 10.0. The molecule has 0 aromatic heterocycles. The maximum absolute atomic E-state index is 13.0. The number of phosphoric ester groups is 1. The number of hydrogen-bond donors (Lipinski definition) is 3. The van der Waals surface area contributed by atoms with E-state index in [0.717, 1.165) is 44.9 Å². The summed E-state index contributed by atoms with van der Waals surface area (Å²) in [5.41, 5.74) is 0. The van der Waals surface area contributed by atoms with E-state index in [0.29, 0.717) is 17.4 Å². The minimum absolute atomic E-state index is 0.0622. The number of nitrogens with zero attached hydrogens (tertiary/aromatic N) is 1. The molecule has 0 aliphatic rings. The zero-order chi connectivity index (χ0) is 50.6. The van der Waals surface area contributed by atoms with Gasteiger partial charge in [0.15, 0.2) is 0 Å². The molecule has 3 atom stereocenters. The highest BCUT2D eigenvalue weighted by Gasteiger charge is 2.27. The zero-order valence-electron chi connectivity index (χ0n) is 46.6. The first-order valence-corrected chi connectivity index (χ1v) is 31.4. The molecule has 3 unspecified atom stereocenters. The van der Waals surface area contributed by atoms with Crippen molar-refractivity contribution in [2.24, 2.45) is 0 Å². The summed E-state index contributed by atoms with van der Waals surface area (Å²) >= 11 is 0. The number of nitrogens with one attached hydrogen (secondary N) is 1. The lowest BCUT2D eigenvalue weighted by molar-refractivity contribution is -0.870. The van der Waals surface area contributed by atoms with Crippen LogP contribution >= 0.6 is 7.82 Å². The summed E-state index contributed by atoms with van der Waals surface area (Å²) in [6.07, 6.45) is 66.8. The molecule has 0 aliphatic carbocycles. The topological polar surface area (TPSA) is 105 Å². The van der Waals surface area contributed by atoms with Gasteiger partial charge in [-0.2, -0.15) is 0 Å². The standard InChI is InChI=1S/C60H117N2O6P/c1-6-8-10-12-14-16-18-20-22-24-26-27-28-29-30-31-32-33-34-35-36-38-40-42-44-46-48-50-52-54-60(64)61-58(57-68-69(65,66)67-56-55-62(3,4)5)59(63)53-51-49-47-45-43-41-39-37-25-23-21-19-17-15-13-11-9-7-2/h26-27,29-30,51,53,58-59,63H,6-25,28,31-50,52,54-57H2,1-5H3,(H-,61,64,65,66)/p+1/b27-26-,30-29-,53-51+. The number of aliphatic hydroxyl groups excluding tert-OH is 1. The van der Waals surface area contributed by atoms with Crippen molar-refractivity contribution in [2.45, 2.75) is 302 Å². The van der Waals surface area contributed by atoms with Crippen molar-refractivity contribution in [1.82, 2.24) is 5.32 Å². The molecule has 0 radical (unpaired) electrons. The number of allylic oxidation sites excluding steroid dienone is 5. The number of amides is 1. The molecular formula is C60H118N2O6P+. The monoisotopic (exact) mass is 994 g/mol. The lowest BCUT2D eigenvalue weighted by Gasteiger charge is -2.25. The Bertz CT molecular complexity index is 1220. The molecule has 0 aromatic rings. The molecule has 3 N–H and O–H groups in total. The molecule has 0 aromatic carbocycles. The zero-order valence-corrected chi connectivity index (χ0v) is 47.5. The Balaban J connectivity index is 4.14. The van der Waals surface area contributed by atoms with E-state index < -0.39 is 20.0 Å². The third kappa shape index (κ3) is 54.3.